The number of hydrogen-bond acceptors (Lipinski definition) is 4. The van der Waals surface area contributed by atoms with Crippen molar-refractivity contribution in [2.45, 2.75) is 0 Å². The Balaban J connectivity index is 2.30. The molecule has 2 nitrogen and oxygen atoms in total. The van der Waals surface area contributed by atoms with Gasteiger partial charge in [-0.25, -0.2) is 4.98 Å². The number of hydrogen-bond donors (Lipinski definition) is 0. The van der Waals surface area contributed by atoms with Crippen LogP contribution in [0.5, 0.6) is 0 Å². The van der Waals surface area contributed by atoms with Crippen molar-refractivity contribution in [3.05, 3.63) is 28.2 Å². The van der Waals surface area contributed by atoms with E-state index < -0.39 is 0 Å². The summed E-state index contributed by atoms with van der Waals surface area (Å²) in [4.78, 5) is 8.25. The van der Waals surface area contributed by atoms with Crippen molar-refractivity contribution >= 4 is 28.1 Å². The number of thiazole rings is 1. The van der Waals surface area contributed by atoms with Crippen LogP contribution < -0.4 is 4.99 Å². The van der Waals surface area contributed by atoms with Crippen molar-refractivity contribution in [1.29, 1.82) is 0 Å². The predicted octanol–water partition coefficient (Wildman–Crippen LogP) is 1.44. The first-order valence-corrected chi connectivity index (χ1v) is 4.57. The van der Waals surface area contributed by atoms with Crippen molar-refractivity contribution in [3.63, 3.8) is 0 Å². The molecule has 1 radical (unpaired) electrons. The van der Waals surface area contributed by atoms with Crippen LogP contribution in [-0.2, 0) is 0 Å². The molecular formula is C6H4N2S2+. The molecule has 2 rings (SSSR count). The minimum atomic E-state index is 0.986. The molecule has 0 saturated heterocycles. The Morgan fingerprint density at radius 3 is 3.10 bits per heavy atom. The summed E-state index contributed by atoms with van der Waals surface area (Å²) in [6, 6.07) is 0. The fraction of sp³-hybridized carbons (Fsp3) is 0. The Bertz CT molecular complexity index is 274. The van der Waals surface area contributed by atoms with Gasteiger partial charge in [-0.05, 0) is 11.8 Å². The molecule has 0 aliphatic carbocycles. The van der Waals surface area contributed by atoms with Gasteiger partial charge in [0.1, 0.15) is 0 Å². The van der Waals surface area contributed by atoms with Gasteiger partial charge in [0.25, 0.3) is 6.20 Å². The summed E-state index contributed by atoms with van der Waals surface area (Å²) >= 11 is 3.21. The average molecular weight is 168 g/mol. The van der Waals surface area contributed by atoms with Crippen LogP contribution in [0, 0.1) is 0 Å². The molecule has 1 aliphatic heterocycles. The maximum absolute atomic E-state index is 4.13. The van der Waals surface area contributed by atoms with Gasteiger partial charge in [-0.1, -0.05) is 0 Å². The zero-order valence-corrected chi connectivity index (χ0v) is 6.65. The lowest BCUT2D eigenvalue weighted by Gasteiger charge is -1.77. The lowest BCUT2D eigenvalue weighted by Crippen LogP contribution is -1.96. The van der Waals surface area contributed by atoms with Crippen molar-refractivity contribution in [2.24, 2.45) is 0 Å². The van der Waals surface area contributed by atoms with E-state index in [0.717, 1.165) is 10.7 Å². The van der Waals surface area contributed by atoms with Gasteiger partial charge in [-0.3, -0.25) is 0 Å². The second kappa shape index (κ2) is 2.56. The Kier molecular flexibility index (Phi) is 1.56. The van der Waals surface area contributed by atoms with Crippen LogP contribution in [0.1, 0.15) is 5.69 Å². The van der Waals surface area contributed by atoms with Crippen molar-refractivity contribution in [1.82, 2.24) is 9.98 Å². The first-order valence-electron chi connectivity index (χ1n) is 2.75. The highest BCUT2D eigenvalue weighted by Gasteiger charge is 2.19. The first kappa shape index (κ1) is 6.12. The van der Waals surface area contributed by atoms with Crippen molar-refractivity contribution in [2.75, 3.05) is 0 Å². The van der Waals surface area contributed by atoms with Crippen LogP contribution in [0.3, 0.4) is 0 Å². The maximum atomic E-state index is 4.13. The van der Waals surface area contributed by atoms with Gasteiger partial charge in [-0.2, -0.15) is 0 Å². The molecule has 4 heteroatoms. The molecule has 1 aromatic rings. The highest BCUT2D eigenvalue weighted by molar-refractivity contribution is 8.17. The molecule has 0 fully saturated rings. The van der Waals surface area contributed by atoms with Crippen LogP contribution in [0.4, 0.5) is 0 Å². The standard InChI is InChI=1S/C6H4N2S2/c1-2-10-6(7-1)5-3-9-4-8-5/h1-4H/q+1. The monoisotopic (exact) mass is 168 g/mol. The topological polar surface area (TPSA) is 27.0 Å². The predicted molar refractivity (Wildman–Crippen MR) is 45.1 cm³/mol. The Morgan fingerprint density at radius 2 is 2.50 bits per heavy atom. The molecule has 0 unspecified atom stereocenters. The van der Waals surface area contributed by atoms with E-state index >= 15 is 0 Å². The van der Waals surface area contributed by atoms with Gasteiger partial charge in [0, 0.05) is 5.38 Å². The third-order valence-electron chi connectivity index (χ3n) is 1.08. The van der Waals surface area contributed by atoms with Crippen molar-refractivity contribution in [3.8, 4) is 0 Å². The molecule has 0 amide bonds. The fourth-order valence-corrected chi connectivity index (χ4v) is 1.88. The summed E-state index contributed by atoms with van der Waals surface area (Å²) in [5.41, 5.74) is 2.80. The lowest BCUT2D eigenvalue weighted by atomic mass is 10.5. The molecule has 0 atom stereocenters. The highest BCUT2D eigenvalue weighted by Crippen LogP contribution is 2.15. The van der Waals surface area contributed by atoms with E-state index in [-0.39, 0.29) is 0 Å². The zero-order chi connectivity index (χ0) is 6.81. The lowest BCUT2D eigenvalue weighted by molar-refractivity contribution is 1.34. The molecule has 0 spiro atoms. The number of thioether (sulfide) groups is 1. The number of nitrogens with zero attached hydrogens (tertiary/aromatic N) is 2. The first-order chi connectivity index (χ1) is 4.97. The Labute approximate surface area is 66.7 Å². The van der Waals surface area contributed by atoms with Crippen LogP contribution in [0.15, 0.2) is 22.5 Å². The van der Waals surface area contributed by atoms with E-state index in [4.69, 9.17) is 0 Å². The minimum Gasteiger partial charge on any atom is -0.237 e. The minimum absolute atomic E-state index is 0.986. The van der Waals surface area contributed by atoms with Crippen LogP contribution in [-0.4, -0.2) is 10.0 Å². The average Bonchev–Trinajstić information content (AvgIpc) is 2.59. The molecule has 0 bridgehead atoms. The molecule has 1 aliphatic rings. The second-order valence-corrected chi connectivity index (χ2v) is 3.32. The summed E-state index contributed by atoms with van der Waals surface area (Å²) in [5.74, 6) is 0. The second-order valence-electron chi connectivity index (χ2n) is 1.71. The summed E-state index contributed by atoms with van der Waals surface area (Å²) in [7, 11) is 0. The van der Waals surface area contributed by atoms with Crippen molar-refractivity contribution < 1.29 is 0 Å². The van der Waals surface area contributed by atoms with Gasteiger partial charge in [0.05, 0.1) is 15.9 Å². The molecule has 0 saturated carbocycles. The maximum Gasteiger partial charge on any atom is 0.341 e. The summed E-state index contributed by atoms with van der Waals surface area (Å²) in [5, 5.41) is 4.95. The van der Waals surface area contributed by atoms with Gasteiger partial charge in [0.15, 0.2) is 5.69 Å². The number of rotatable bonds is 1. The normalized spacial score (nSPS) is 15.8. The van der Waals surface area contributed by atoms with E-state index in [1.807, 2.05) is 16.3 Å². The Hall–Kier alpha value is -0.610. The van der Waals surface area contributed by atoms with E-state index in [2.05, 4.69) is 9.98 Å². The molecule has 0 N–H and O–H groups in total. The third kappa shape index (κ3) is 0.998. The molecule has 1 aromatic heterocycles. The molecule has 2 heterocycles. The quantitative estimate of drug-likeness (QED) is 0.634. The van der Waals surface area contributed by atoms with E-state index in [0.29, 0.717) is 0 Å². The summed E-state index contributed by atoms with van der Waals surface area (Å²) in [6.07, 6.45) is 1.79. The van der Waals surface area contributed by atoms with Gasteiger partial charge in [0.2, 0.25) is 0 Å². The smallest absolute Gasteiger partial charge is 0.237 e. The van der Waals surface area contributed by atoms with Crippen LogP contribution in [0.2, 0.25) is 0 Å². The van der Waals surface area contributed by atoms with E-state index in [9.17, 15) is 0 Å². The fourth-order valence-electron chi connectivity index (χ4n) is 0.668. The SMILES string of the molecule is C1=CSC(c2cscn2)=[N+]1. The largest absolute Gasteiger partial charge is 0.341 e. The third-order valence-corrected chi connectivity index (χ3v) is 2.47. The molecule has 0 aromatic carbocycles. The van der Waals surface area contributed by atoms with E-state index in [1.165, 1.54) is 0 Å². The van der Waals surface area contributed by atoms with Crippen LogP contribution in [0.25, 0.3) is 0 Å². The Morgan fingerprint density at radius 1 is 1.50 bits per heavy atom. The van der Waals surface area contributed by atoms with Gasteiger partial charge in [-0.15, -0.1) is 11.3 Å². The zero-order valence-electron chi connectivity index (χ0n) is 5.02. The summed E-state index contributed by atoms with van der Waals surface area (Å²) in [6.45, 7) is 0. The highest BCUT2D eigenvalue weighted by atomic mass is 32.2. The number of aliphatic imine (C=N–C) groups is 1. The molecule has 10 heavy (non-hydrogen) atoms. The number of aromatic nitrogens is 1. The summed E-state index contributed by atoms with van der Waals surface area (Å²) < 4.78 is 0. The molecular weight excluding hydrogens is 164 g/mol. The van der Waals surface area contributed by atoms with Gasteiger partial charge < -0.3 is 0 Å². The molecule has 49 valence electrons. The van der Waals surface area contributed by atoms with Crippen LogP contribution >= 0.6 is 23.1 Å². The van der Waals surface area contributed by atoms with Gasteiger partial charge >= 0.3 is 5.04 Å². The van der Waals surface area contributed by atoms with E-state index in [1.54, 1.807) is 29.3 Å².